The Morgan fingerprint density at radius 1 is 0.926 bits per heavy atom. The summed E-state index contributed by atoms with van der Waals surface area (Å²) < 4.78 is 13.6. The average Bonchev–Trinajstić information content (AvgIpc) is 2.64. The molecule has 6 heteroatoms. The van der Waals surface area contributed by atoms with Crippen molar-refractivity contribution in [2.45, 2.75) is 26.7 Å². The summed E-state index contributed by atoms with van der Waals surface area (Å²) in [4.78, 5) is 24.8. The Hall–Kier alpha value is -2.40. The average molecular weight is 391 g/mol. The molecule has 0 radical (unpaired) electrons. The third-order valence-electron chi connectivity index (χ3n) is 4.39. The van der Waals surface area contributed by atoms with E-state index in [0.717, 1.165) is 5.56 Å². The second-order valence-electron chi connectivity index (χ2n) is 6.85. The highest BCUT2D eigenvalue weighted by Crippen LogP contribution is 2.16. The Labute approximate surface area is 164 Å². The lowest BCUT2D eigenvalue weighted by Crippen LogP contribution is -2.48. The van der Waals surface area contributed by atoms with E-state index in [2.05, 4.69) is 10.6 Å². The van der Waals surface area contributed by atoms with Crippen LogP contribution in [-0.2, 0) is 22.4 Å². The molecule has 27 heavy (non-hydrogen) atoms. The van der Waals surface area contributed by atoms with Crippen LogP contribution in [0, 0.1) is 11.2 Å². The molecule has 2 amide bonds. The first-order valence-corrected chi connectivity index (χ1v) is 9.23. The van der Waals surface area contributed by atoms with Gasteiger partial charge in [-0.3, -0.25) is 9.59 Å². The van der Waals surface area contributed by atoms with Crippen LogP contribution in [0.4, 0.5) is 4.39 Å². The van der Waals surface area contributed by atoms with Gasteiger partial charge >= 0.3 is 0 Å². The lowest BCUT2D eigenvalue weighted by atomic mass is 9.91. The molecule has 0 aliphatic rings. The maximum Gasteiger partial charge on any atom is 0.235 e. The van der Waals surface area contributed by atoms with Crippen LogP contribution in [0.3, 0.4) is 0 Å². The molecular weight excluding hydrogens is 367 g/mol. The number of hydrogen-bond acceptors (Lipinski definition) is 2. The fourth-order valence-electron chi connectivity index (χ4n) is 2.53. The number of amides is 2. The van der Waals surface area contributed by atoms with Gasteiger partial charge in [0.2, 0.25) is 11.8 Å². The summed E-state index contributed by atoms with van der Waals surface area (Å²) in [6, 6.07) is 13.8. The van der Waals surface area contributed by atoms with E-state index in [0.29, 0.717) is 30.0 Å². The summed E-state index contributed by atoms with van der Waals surface area (Å²) in [5.41, 5.74) is 0.366. The van der Waals surface area contributed by atoms with Gasteiger partial charge in [0.25, 0.3) is 0 Å². The van der Waals surface area contributed by atoms with Crippen LogP contribution in [0.25, 0.3) is 0 Å². The van der Waals surface area contributed by atoms with Gasteiger partial charge in [-0.25, -0.2) is 4.39 Å². The molecule has 2 aromatic rings. The summed E-state index contributed by atoms with van der Waals surface area (Å²) in [5.74, 6) is -1.03. The van der Waals surface area contributed by atoms with Gasteiger partial charge in [0.15, 0.2) is 0 Å². The number of benzene rings is 2. The summed E-state index contributed by atoms with van der Waals surface area (Å²) in [6.45, 7) is 3.83. The van der Waals surface area contributed by atoms with Crippen LogP contribution in [-0.4, -0.2) is 24.9 Å². The quantitative estimate of drug-likeness (QED) is 0.677. The third kappa shape index (κ3) is 6.07. The minimum Gasteiger partial charge on any atom is -0.355 e. The molecular formula is C21H24ClFN2O2. The van der Waals surface area contributed by atoms with Crippen LogP contribution in [0.5, 0.6) is 0 Å². The highest BCUT2D eigenvalue weighted by atomic mass is 35.5. The number of carbonyl (C=O) groups excluding carboxylic acids is 2. The maximum absolute atomic E-state index is 13.6. The number of halogens is 2. The highest BCUT2D eigenvalue weighted by Gasteiger charge is 2.35. The summed E-state index contributed by atoms with van der Waals surface area (Å²) in [5, 5.41) is 6.17. The molecule has 0 fully saturated rings. The second kappa shape index (κ2) is 9.51. The number of rotatable bonds is 8. The fourth-order valence-corrected chi connectivity index (χ4v) is 2.65. The van der Waals surface area contributed by atoms with Crippen molar-refractivity contribution in [2.75, 3.05) is 13.1 Å². The molecule has 0 aliphatic carbocycles. The van der Waals surface area contributed by atoms with Crippen molar-refractivity contribution in [3.63, 3.8) is 0 Å². The molecule has 0 saturated heterocycles. The van der Waals surface area contributed by atoms with Crippen LogP contribution < -0.4 is 10.6 Å². The molecule has 0 unspecified atom stereocenters. The Bertz CT molecular complexity index is 791. The van der Waals surface area contributed by atoms with Crippen molar-refractivity contribution in [3.8, 4) is 0 Å². The lowest BCUT2D eigenvalue weighted by Gasteiger charge is -2.22. The van der Waals surface area contributed by atoms with Gasteiger partial charge in [-0.15, -0.1) is 0 Å². The van der Waals surface area contributed by atoms with Gasteiger partial charge in [-0.1, -0.05) is 41.9 Å². The SMILES string of the molecule is CC(C)(C(=O)NCCc1ccc(Cl)cc1)C(=O)NCCc1ccccc1F. The van der Waals surface area contributed by atoms with Crippen molar-refractivity contribution < 1.29 is 14.0 Å². The largest absolute Gasteiger partial charge is 0.355 e. The smallest absolute Gasteiger partial charge is 0.235 e. The van der Waals surface area contributed by atoms with Crippen LogP contribution in [0.1, 0.15) is 25.0 Å². The van der Waals surface area contributed by atoms with Crippen LogP contribution >= 0.6 is 11.6 Å². The van der Waals surface area contributed by atoms with Crippen molar-refractivity contribution in [3.05, 3.63) is 70.5 Å². The Balaban J connectivity index is 1.78. The Morgan fingerprint density at radius 2 is 1.48 bits per heavy atom. The third-order valence-corrected chi connectivity index (χ3v) is 4.64. The van der Waals surface area contributed by atoms with Crippen molar-refractivity contribution in [1.82, 2.24) is 10.6 Å². The zero-order chi connectivity index (χ0) is 19.9. The molecule has 2 N–H and O–H groups in total. The normalized spacial score (nSPS) is 11.1. The summed E-state index contributed by atoms with van der Waals surface area (Å²) >= 11 is 5.85. The molecule has 2 aromatic carbocycles. The predicted octanol–water partition coefficient (Wildman–Crippen LogP) is 3.52. The molecule has 0 spiro atoms. The lowest BCUT2D eigenvalue weighted by molar-refractivity contribution is -0.141. The fraction of sp³-hybridized carbons (Fsp3) is 0.333. The number of nitrogens with one attached hydrogen (secondary N) is 2. The van der Waals surface area contributed by atoms with Gasteiger partial charge in [0.05, 0.1) is 0 Å². The first kappa shape index (κ1) is 20.9. The van der Waals surface area contributed by atoms with Crippen molar-refractivity contribution >= 4 is 23.4 Å². The van der Waals surface area contributed by atoms with Crippen LogP contribution in [0.15, 0.2) is 48.5 Å². The number of hydrogen-bond donors (Lipinski definition) is 2. The monoisotopic (exact) mass is 390 g/mol. The zero-order valence-corrected chi connectivity index (χ0v) is 16.3. The minimum absolute atomic E-state index is 0.265. The van der Waals surface area contributed by atoms with Crippen LogP contribution in [0.2, 0.25) is 5.02 Å². The Kier molecular flexibility index (Phi) is 7.36. The summed E-state index contributed by atoms with van der Waals surface area (Å²) in [7, 11) is 0. The van der Waals surface area contributed by atoms with Gasteiger partial charge in [0, 0.05) is 18.1 Å². The minimum atomic E-state index is -1.21. The van der Waals surface area contributed by atoms with E-state index in [1.54, 1.807) is 44.2 Å². The number of carbonyl (C=O) groups is 2. The van der Waals surface area contributed by atoms with Crippen molar-refractivity contribution in [2.24, 2.45) is 5.41 Å². The molecule has 144 valence electrons. The van der Waals surface area contributed by atoms with Crippen molar-refractivity contribution in [1.29, 1.82) is 0 Å². The van der Waals surface area contributed by atoms with Gasteiger partial charge in [-0.05, 0) is 56.0 Å². The van der Waals surface area contributed by atoms with E-state index in [1.165, 1.54) is 6.07 Å². The predicted molar refractivity (Wildman–Crippen MR) is 105 cm³/mol. The van der Waals surface area contributed by atoms with E-state index >= 15 is 0 Å². The molecule has 2 rings (SSSR count). The topological polar surface area (TPSA) is 58.2 Å². The van der Waals surface area contributed by atoms with E-state index in [9.17, 15) is 14.0 Å². The summed E-state index contributed by atoms with van der Waals surface area (Å²) in [6.07, 6.45) is 1.01. The maximum atomic E-state index is 13.6. The molecule has 0 saturated carbocycles. The molecule has 0 atom stereocenters. The van der Waals surface area contributed by atoms with E-state index in [1.807, 2.05) is 12.1 Å². The van der Waals surface area contributed by atoms with Gasteiger partial charge in [-0.2, -0.15) is 0 Å². The Morgan fingerprint density at radius 3 is 2.07 bits per heavy atom. The second-order valence-corrected chi connectivity index (χ2v) is 7.29. The first-order chi connectivity index (χ1) is 12.8. The van der Waals surface area contributed by atoms with Gasteiger partial charge < -0.3 is 10.6 Å². The van der Waals surface area contributed by atoms with E-state index < -0.39 is 5.41 Å². The highest BCUT2D eigenvalue weighted by molar-refractivity contribution is 6.30. The molecule has 4 nitrogen and oxygen atoms in total. The standard InChI is InChI=1S/C21H24ClFN2O2/c1-21(2,19(26)24-13-11-15-7-9-17(22)10-8-15)20(27)25-14-12-16-5-3-4-6-18(16)23/h3-10H,11-14H2,1-2H3,(H,24,26)(H,25,27). The van der Waals surface area contributed by atoms with E-state index in [-0.39, 0.29) is 24.2 Å². The molecule has 0 bridgehead atoms. The van der Waals surface area contributed by atoms with Gasteiger partial charge in [0.1, 0.15) is 11.2 Å². The first-order valence-electron chi connectivity index (χ1n) is 8.85. The molecule has 0 aliphatic heterocycles. The zero-order valence-electron chi connectivity index (χ0n) is 15.5. The molecule has 0 heterocycles. The van der Waals surface area contributed by atoms with E-state index in [4.69, 9.17) is 11.6 Å². The molecule has 0 aromatic heterocycles.